The fourth-order valence-electron chi connectivity index (χ4n) is 4.29. The Morgan fingerprint density at radius 2 is 1.84 bits per heavy atom. The van der Waals surface area contributed by atoms with E-state index in [4.69, 9.17) is 16.3 Å². The van der Waals surface area contributed by atoms with Gasteiger partial charge in [0.15, 0.2) is 0 Å². The molecule has 1 aliphatic carbocycles. The number of anilines is 1. The number of carbonyl (C=O) groups is 1. The highest BCUT2D eigenvalue weighted by atomic mass is 35.5. The summed E-state index contributed by atoms with van der Waals surface area (Å²) in [6.45, 7) is 3.70. The molecule has 2 aromatic rings. The molecule has 0 aromatic heterocycles. The van der Waals surface area contributed by atoms with Gasteiger partial charge in [0.2, 0.25) is 15.9 Å². The van der Waals surface area contributed by atoms with Gasteiger partial charge in [-0.3, -0.25) is 9.10 Å². The van der Waals surface area contributed by atoms with Crippen LogP contribution in [0.1, 0.15) is 55.8 Å². The lowest BCUT2D eigenvalue weighted by atomic mass is 9.89. The van der Waals surface area contributed by atoms with Crippen LogP contribution in [0.2, 0.25) is 5.02 Å². The lowest BCUT2D eigenvalue weighted by molar-refractivity contribution is -0.122. The van der Waals surface area contributed by atoms with Gasteiger partial charge in [-0.15, -0.1) is 0 Å². The third kappa shape index (κ3) is 5.38. The Morgan fingerprint density at radius 3 is 2.47 bits per heavy atom. The minimum atomic E-state index is -3.80. The summed E-state index contributed by atoms with van der Waals surface area (Å²) in [5.74, 6) is -0.0426. The van der Waals surface area contributed by atoms with Crippen LogP contribution in [-0.4, -0.2) is 33.7 Å². The van der Waals surface area contributed by atoms with Gasteiger partial charge in [0.25, 0.3) is 0 Å². The maximum Gasteiger partial charge on any atom is 0.244 e. The molecule has 6 nitrogen and oxygen atoms in total. The number of hydrogen-bond acceptors (Lipinski definition) is 4. The molecule has 0 unspecified atom stereocenters. The molecule has 3 rings (SSSR count). The molecule has 0 fully saturated rings. The molecule has 1 N–H and O–H groups in total. The Kier molecular flexibility index (Phi) is 7.72. The molecule has 1 amide bonds. The zero-order chi connectivity index (χ0) is 23.5. The van der Waals surface area contributed by atoms with Crippen LogP contribution in [0, 0.1) is 0 Å². The van der Waals surface area contributed by atoms with Gasteiger partial charge >= 0.3 is 0 Å². The summed E-state index contributed by atoms with van der Waals surface area (Å²) in [5.41, 5.74) is 3.97. The Labute approximate surface area is 196 Å². The van der Waals surface area contributed by atoms with Crippen molar-refractivity contribution in [1.82, 2.24) is 5.32 Å². The van der Waals surface area contributed by atoms with E-state index in [1.807, 2.05) is 13.0 Å². The van der Waals surface area contributed by atoms with E-state index in [0.717, 1.165) is 29.0 Å². The summed E-state index contributed by atoms with van der Waals surface area (Å²) in [4.78, 5) is 13.3. The van der Waals surface area contributed by atoms with Gasteiger partial charge in [0.1, 0.15) is 11.8 Å². The molecule has 174 valence electrons. The third-order valence-corrected chi connectivity index (χ3v) is 7.34. The van der Waals surface area contributed by atoms with Crippen molar-refractivity contribution < 1.29 is 17.9 Å². The first-order valence-electron chi connectivity index (χ1n) is 10.9. The highest BCUT2D eigenvalue weighted by Gasteiger charge is 2.34. The maximum absolute atomic E-state index is 13.3. The fourth-order valence-corrected chi connectivity index (χ4v) is 5.66. The van der Waals surface area contributed by atoms with Crippen LogP contribution in [0.3, 0.4) is 0 Å². The molecule has 0 aliphatic heterocycles. The average Bonchev–Trinajstić information content (AvgIpc) is 2.75. The lowest BCUT2D eigenvalue weighted by Crippen LogP contribution is -2.49. The molecule has 0 saturated heterocycles. The summed E-state index contributed by atoms with van der Waals surface area (Å²) < 4.78 is 32.0. The highest BCUT2D eigenvalue weighted by molar-refractivity contribution is 7.92. The molecular formula is C24H31ClN2O4S. The molecule has 1 aliphatic rings. The van der Waals surface area contributed by atoms with Crippen molar-refractivity contribution in [2.24, 2.45) is 0 Å². The second-order valence-corrected chi connectivity index (χ2v) is 10.6. The van der Waals surface area contributed by atoms with Crippen molar-refractivity contribution >= 4 is 33.2 Å². The summed E-state index contributed by atoms with van der Waals surface area (Å²) in [6, 6.07) is 9.86. The smallest absolute Gasteiger partial charge is 0.244 e. The third-order valence-electron chi connectivity index (χ3n) is 5.94. The predicted octanol–water partition coefficient (Wildman–Crippen LogP) is 4.65. The largest absolute Gasteiger partial charge is 0.495 e. The van der Waals surface area contributed by atoms with E-state index in [9.17, 15) is 13.2 Å². The SMILES string of the molecule is CC[C@H](C(=O)N[C@H](C)c1ccc2c(c1)CCCC2)N(c1cc(Cl)ccc1OC)S(C)(=O)=O. The summed E-state index contributed by atoms with van der Waals surface area (Å²) in [6.07, 6.45) is 5.91. The average molecular weight is 479 g/mol. The van der Waals surface area contributed by atoms with Crippen LogP contribution in [0.15, 0.2) is 36.4 Å². The Bertz CT molecular complexity index is 1090. The number of methoxy groups -OCH3 is 1. The number of hydrogen-bond donors (Lipinski definition) is 1. The maximum atomic E-state index is 13.3. The molecule has 32 heavy (non-hydrogen) atoms. The zero-order valence-electron chi connectivity index (χ0n) is 19.0. The van der Waals surface area contributed by atoms with Crippen molar-refractivity contribution in [3.8, 4) is 5.75 Å². The highest BCUT2D eigenvalue weighted by Crippen LogP contribution is 2.35. The number of rotatable bonds is 8. The number of benzene rings is 2. The van der Waals surface area contributed by atoms with E-state index in [0.29, 0.717) is 10.8 Å². The van der Waals surface area contributed by atoms with Gasteiger partial charge < -0.3 is 10.1 Å². The van der Waals surface area contributed by atoms with Crippen molar-refractivity contribution in [3.63, 3.8) is 0 Å². The van der Waals surface area contributed by atoms with Crippen molar-refractivity contribution in [2.45, 2.75) is 58.0 Å². The number of ether oxygens (including phenoxy) is 1. The quantitative estimate of drug-likeness (QED) is 0.599. The monoisotopic (exact) mass is 478 g/mol. The normalized spacial score (nSPS) is 15.4. The number of amides is 1. The van der Waals surface area contributed by atoms with E-state index in [1.165, 1.54) is 37.1 Å². The molecular weight excluding hydrogens is 448 g/mol. The van der Waals surface area contributed by atoms with Gasteiger partial charge in [-0.1, -0.05) is 36.7 Å². The molecule has 0 spiro atoms. The van der Waals surface area contributed by atoms with Crippen molar-refractivity contribution in [1.29, 1.82) is 0 Å². The molecule has 8 heteroatoms. The number of nitrogens with zero attached hydrogens (tertiary/aromatic N) is 1. The van der Waals surface area contributed by atoms with E-state index < -0.39 is 16.1 Å². The van der Waals surface area contributed by atoms with Gasteiger partial charge in [0.05, 0.1) is 25.1 Å². The minimum Gasteiger partial charge on any atom is -0.495 e. The Hall–Kier alpha value is -2.25. The summed E-state index contributed by atoms with van der Waals surface area (Å²) in [7, 11) is -2.35. The van der Waals surface area contributed by atoms with E-state index in [2.05, 4.69) is 17.4 Å². The number of nitrogens with one attached hydrogen (secondary N) is 1. The number of fused-ring (bicyclic) bond motifs is 1. The number of carbonyl (C=O) groups excluding carboxylic acids is 1. The summed E-state index contributed by atoms with van der Waals surface area (Å²) >= 11 is 6.14. The number of sulfonamides is 1. The van der Waals surface area contributed by atoms with E-state index in [1.54, 1.807) is 19.1 Å². The standard InChI is InChI=1S/C24H31ClN2O4S/c1-5-21(27(32(4,29)30)22-15-20(25)12-13-23(22)31-3)24(28)26-16(2)18-11-10-17-8-6-7-9-19(17)14-18/h10-16,21H,5-9H2,1-4H3,(H,26,28)/t16-,21-/m1/s1. The second kappa shape index (κ2) is 10.1. The van der Waals surface area contributed by atoms with Crippen LogP contribution in [0.4, 0.5) is 5.69 Å². The molecule has 0 saturated carbocycles. The Balaban J connectivity index is 1.89. The Morgan fingerprint density at radius 1 is 1.16 bits per heavy atom. The van der Waals surface area contributed by atoms with Crippen LogP contribution in [0.25, 0.3) is 0 Å². The number of aryl methyl sites for hydroxylation is 2. The zero-order valence-corrected chi connectivity index (χ0v) is 20.6. The summed E-state index contributed by atoms with van der Waals surface area (Å²) in [5, 5.41) is 3.36. The first-order chi connectivity index (χ1) is 15.2. The first-order valence-corrected chi connectivity index (χ1v) is 13.1. The predicted molar refractivity (Wildman–Crippen MR) is 129 cm³/mol. The number of halogens is 1. The van der Waals surface area contributed by atoms with Gasteiger partial charge in [0, 0.05) is 5.02 Å². The molecule has 2 aromatic carbocycles. The van der Waals surface area contributed by atoms with Gasteiger partial charge in [-0.25, -0.2) is 8.42 Å². The lowest BCUT2D eigenvalue weighted by Gasteiger charge is -2.32. The van der Waals surface area contributed by atoms with E-state index in [-0.39, 0.29) is 24.1 Å². The van der Waals surface area contributed by atoms with E-state index >= 15 is 0 Å². The van der Waals surface area contributed by atoms with Crippen molar-refractivity contribution in [3.05, 3.63) is 58.1 Å². The van der Waals surface area contributed by atoms with Crippen molar-refractivity contribution in [2.75, 3.05) is 17.7 Å². The van der Waals surface area contributed by atoms with Crippen LogP contribution in [0.5, 0.6) is 5.75 Å². The van der Waals surface area contributed by atoms with Crippen LogP contribution >= 0.6 is 11.6 Å². The molecule has 0 bridgehead atoms. The minimum absolute atomic E-state index is 0.242. The van der Waals surface area contributed by atoms with Crippen LogP contribution in [-0.2, 0) is 27.7 Å². The molecule has 2 atom stereocenters. The fraction of sp³-hybridized carbons (Fsp3) is 0.458. The molecule has 0 heterocycles. The van der Waals surface area contributed by atoms with Crippen LogP contribution < -0.4 is 14.4 Å². The first kappa shape index (κ1) is 24.4. The topological polar surface area (TPSA) is 75.7 Å². The van der Waals surface area contributed by atoms with Gasteiger partial charge in [-0.2, -0.15) is 0 Å². The molecule has 0 radical (unpaired) electrons. The second-order valence-electron chi connectivity index (χ2n) is 8.26. The van der Waals surface area contributed by atoms with Gasteiger partial charge in [-0.05, 0) is 73.9 Å².